The summed E-state index contributed by atoms with van der Waals surface area (Å²) in [5, 5.41) is 9.51. The first-order valence-corrected chi connectivity index (χ1v) is 14.1. The van der Waals surface area contributed by atoms with Gasteiger partial charge in [-0.1, -0.05) is 71.8 Å². The van der Waals surface area contributed by atoms with E-state index in [1.54, 1.807) is 0 Å². The predicted molar refractivity (Wildman–Crippen MR) is 155 cm³/mol. The number of aromatic nitrogens is 1. The van der Waals surface area contributed by atoms with Crippen LogP contribution in [0.25, 0.3) is 0 Å². The van der Waals surface area contributed by atoms with Gasteiger partial charge in [-0.05, 0) is 55.4 Å². The van der Waals surface area contributed by atoms with Crippen molar-refractivity contribution in [3.63, 3.8) is 0 Å². The summed E-state index contributed by atoms with van der Waals surface area (Å²) in [6.07, 6.45) is 0. The molecule has 0 atom stereocenters. The normalized spacial score (nSPS) is 13.0. The number of nitrogens with zero attached hydrogens (tertiary/aromatic N) is 3. The van der Waals surface area contributed by atoms with Gasteiger partial charge in [0.25, 0.3) is 0 Å². The molecule has 3 rings (SSSR count). The summed E-state index contributed by atoms with van der Waals surface area (Å²) >= 11 is 0. The summed E-state index contributed by atoms with van der Waals surface area (Å²) in [4.78, 5) is 4.97. The number of aryl methyl sites for hydroxylation is 2. The van der Waals surface area contributed by atoms with Crippen LogP contribution in [0.5, 0.6) is 0 Å². The predicted octanol–water partition coefficient (Wildman–Crippen LogP) is 5.59. The van der Waals surface area contributed by atoms with Gasteiger partial charge in [-0.2, -0.15) is 23.4 Å². The van der Waals surface area contributed by atoms with Crippen molar-refractivity contribution in [2.45, 2.75) is 72.0 Å². The van der Waals surface area contributed by atoms with E-state index in [0.29, 0.717) is 0 Å². The quantitative estimate of drug-likeness (QED) is 0.118. The Hall–Kier alpha value is -3.15. The monoisotopic (exact) mass is 649 g/mol. The molecule has 0 radical (unpaired) electrons. The maximum absolute atomic E-state index is 10.7. The fourth-order valence-corrected chi connectivity index (χ4v) is 3.04. The molecule has 0 aliphatic rings. The van der Waals surface area contributed by atoms with Gasteiger partial charge in [-0.3, -0.25) is 0 Å². The molecule has 0 unspecified atom stereocenters. The van der Waals surface area contributed by atoms with Crippen molar-refractivity contribution in [2.75, 3.05) is 0 Å². The molecule has 0 amide bonds. The summed E-state index contributed by atoms with van der Waals surface area (Å²) < 4.78 is 58.9. The summed E-state index contributed by atoms with van der Waals surface area (Å²) in [7, 11) is -6.09. The molecule has 0 bridgehead atoms. The number of hydrogen-bond donors (Lipinski definition) is 2. The minimum absolute atomic E-state index is 0. The number of halogens is 3. The van der Waals surface area contributed by atoms with Gasteiger partial charge in [0, 0.05) is 22.2 Å². The van der Waals surface area contributed by atoms with Gasteiger partial charge >= 0.3 is 22.0 Å². The maximum atomic E-state index is 10.7. The van der Waals surface area contributed by atoms with Crippen LogP contribution < -0.4 is 15.8 Å². The van der Waals surface area contributed by atoms with Crippen LogP contribution in [0.2, 0.25) is 0 Å². The van der Waals surface area contributed by atoms with E-state index in [9.17, 15) is 13.2 Å². The van der Waals surface area contributed by atoms with E-state index < -0.39 is 15.6 Å². The van der Waals surface area contributed by atoms with Crippen LogP contribution in [0, 0.1) is 13.8 Å². The molecule has 1 aromatic heterocycles. The van der Waals surface area contributed by atoms with Crippen molar-refractivity contribution in [3.05, 3.63) is 94.3 Å². The van der Waals surface area contributed by atoms with Crippen LogP contribution in [-0.4, -0.2) is 41.0 Å². The number of hydrogen-bond acceptors (Lipinski definition) is 7. The second kappa shape index (κ2) is 14.4. The standard InChI is InChI=1S/C28H36N5.CHF3O3S.Ni/c1-19-9-13-21(14-10-19)25(30-32-27(3,4)5)23-17-18-24(29-23)26(31-33-28(6,7)8)22-15-11-20(2)12-16-22;2-1(3,4)8(5,6)7;/h9-18,32-33H,1-8H3;(H,5,6,7);/q-1;;+2/p-1/b30-25-,31-26-;;. The van der Waals surface area contributed by atoms with Crippen molar-refractivity contribution >= 4 is 21.5 Å². The van der Waals surface area contributed by atoms with Crippen LogP contribution in [0.4, 0.5) is 13.2 Å². The molecule has 0 aliphatic carbocycles. The molecular formula is C29H36F3N5NiO3S. The summed E-state index contributed by atoms with van der Waals surface area (Å²) in [6, 6.07) is 20.8. The Kier molecular flexibility index (Phi) is 12.6. The van der Waals surface area contributed by atoms with E-state index in [0.717, 1.165) is 33.9 Å². The molecule has 1 heterocycles. The van der Waals surface area contributed by atoms with Crippen molar-refractivity contribution in [2.24, 2.45) is 10.2 Å². The fourth-order valence-electron chi connectivity index (χ4n) is 3.04. The van der Waals surface area contributed by atoms with Crippen molar-refractivity contribution in [3.8, 4) is 0 Å². The SMILES string of the molecule is Cc1ccc(/C(=N/NC(C)(C)C)c2ccc(/C(=N\NC(C)(C)C)c3ccc(C)cc3)[n-]2)cc1.O=S(=O)([O-])C(F)(F)F.[Ni+2]. The first-order chi connectivity index (χ1) is 18.7. The topological polar surface area (TPSA) is 120 Å². The molecule has 8 nitrogen and oxygen atoms in total. The van der Waals surface area contributed by atoms with Crippen LogP contribution in [-0.2, 0) is 26.6 Å². The van der Waals surface area contributed by atoms with E-state index in [-0.39, 0.29) is 27.6 Å². The average Bonchev–Trinajstić information content (AvgIpc) is 3.29. The second-order valence-corrected chi connectivity index (χ2v) is 12.9. The molecule has 2 N–H and O–H groups in total. The van der Waals surface area contributed by atoms with Crippen LogP contribution >= 0.6 is 0 Å². The Balaban J connectivity index is 0.000000860. The van der Waals surface area contributed by atoms with Gasteiger partial charge in [-0.15, -0.1) is 11.4 Å². The smallest absolute Gasteiger partial charge is 0.741 e. The molecule has 42 heavy (non-hydrogen) atoms. The van der Waals surface area contributed by atoms with Gasteiger partial charge in [0.1, 0.15) is 0 Å². The molecule has 0 fully saturated rings. The molecule has 0 saturated carbocycles. The second-order valence-electron chi connectivity index (χ2n) is 11.5. The zero-order chi connectivity index (χ0) is 31.2. The van der Waals surface area contributed by atoms with Crippen molar-refractivity contribution in [1.82, 2.24) is 15.8 Å². The molecular weight excluding hydrogens is 614 g/mol. The molecule has 3 aromatic rings. The van der Waals surface area contributed by atoms with Crippen LogP contribution in [0.1, 0.15) is 75.2 Å². The molecule has 13 heteroatoms. The minimum atomic E-state index is -6.09. The Labute approximate surface area is 256 Å². The number of rotatable bonds is 6. The third-order valence-corrected chi connectivity index (χ3v) is 5.63. The molecule has 2 aromatic carbocycles. The van der Waals surface area contributed by atoms with E-state index in [1.165, 1.54) is 11.1 Å². The van der Waals surface area contributed by atoms with Gasteiger partial charge in [0.15, 0.2) is 10.1 Å². The van der Waals surface area contributed by atoms with Gasteiger partial charge in [0.05, 0.1) is 11.4 Å². The number of hydrazone groups is 2. The fraction of sp³-hybridized carbons (Fsp3) is 0.379. The Morgan fingerprint density at radius 3 is 1.21 bits per heavy atom. The third kappa shape index (κ3) is 12.0. The largest absolute Gasteiger partial charge is 2.00 e. The van der Waals surface area contributed by atoms with Gasteiger partial charge < -0.3 is 20.4 Å². The molecule has 0 aliphatic heterocycles. The number of benzene rings is 2. The Morgan fingerprint density at radius 1 is 0.690 bits per heavy atom. The molecule has 232 valence electrons. The van der Waals surface area contributed by atoms with Crippen molar-refractivity contribution in [1.29, 1.82) is 0 Å². The Morgan fingerprint density at radius 2 is 0.976 bits per heavy atom. The maximum Gasteiger partial charge on any atom is 2.00 e. The first kappa shape index (κ1) is 36.9. The zero-order valence-corrected chi connectivity index (χ0v) is 26.5. The van der Waals surface area contributed by atoms with E-state index >= 15 is 0 Å². The van der Waals surface area contributed by atoms with Gasteiger partial charge in [0.2, 0.25) is 0 Å². The third-order valence-electron chi connectivity index (χ3n) is 5.06. The van der Waals surface area contributed by atoms with Crippen LogP contribution in [0.3, 0.4) is 0 Å². The zero-order valence-electron chi connectivity index (χ0n) is 24.7. The Bertz CT molecular complexity index is 1380. The summed E-state index contributed by atoms with van der Waals surface area (Å²) in [5.41, 5.74) is 8.24. The van der Waals surface area contributed by atoms with E-state index in [1.807, 2.05) is 12.1 Å². The molecule has 0 spiro atoms. The van der Waals surface area contributed by atoms with E-state index in [2.05, 4.69) is 115 Å². The number of nitrogens with one attached hydrogen (secondary N) is 2. The van der Waals surface area contributed by atoms with Crippen LogP contribution in [0.15, 0.2) is 70.9 Å². The van der Waals surface area contributed by atoms with E-state index in [4.69, 9.17) is 28.2 Å². The summed E-state index contributed by atoms with van der Waals surface area (Å²) in [6.45, 7) is 16.7. The average molecular weight is 650 g/mol. The first-order valence-electron chi connectivity index (χ1n) is 12.7. The minimum Gasteiger partial charge on any atom is -0.741 e. The molecule has 0 saturated heterocycles. The van der Waals surface area contributed by atoms with Gasteiger partial charge in [-0.25, -0.2) is 8.42 Å². The summed E-state index contributed by atoms with van der Waals surface area (Å²) in [5.74, 6) is 0. The van der Waals surface area contributed by atoms with Crippen molar-refractivity contribution < 1.29 is 42.6 Å². The number of alkyl halides is 3.